The van der Waals surface area contributed by atoms with Gasteiger partial charge in [0.1, 0.15) is 11.6 Å². The molecule has 1 aromatic heterocycles. The highest BCUT2D eigenvalue weighted by atomic mass is 79.9. The Morgan fingerprint density at radius 3 is 2.43 bits per heavy atom. The zero-order valence-corrected chi connectivity index (χ0v) is 12.5. The summed E-state index contributed by atoms with van der Waals surface area (Å²) in [6, 6.07) is 7.98. The molecule has 4 nitrogen and oxygen atoms in total. The van der Waals surface area contributed by atoms with Gasteiger partial charge in [0.25, 0.3) is 0 Å². The van der Waals surface area contributed by atoms with E-state index in [1.807, 2.05) is 0 Å². The van der Waals surface area contributed by atoms with Gasteiger partial charge < -0.3 is 10.1 Å². The van der Waals surface area contributed by atoms with Gasteiger partial charge in [-0.05, 0) is 31.2 Å². The number of hydrogen-bond donors (Lipinski definition) is 1. The summed E-state index contributed by atoms with van der Waals surface area (Å²) in [7, 11) is 0. The second-order valence-corrected chi connectivity index (χ2v) is 4.91. The van der Waals surface area contributed by atoms with Crippen molar-refractivity contribution in [1.82, 2.24) is 9.97 Å². The van der Waals surface area contributed by atoms with Crippen LogP contribution in [0.4, 0.5) is 19.0 Å². The fourth-order valence-electron chi connectivity index (χ4n) is 1.50. The summed E-state index contributed by atoms with van der Waals surface area (Å²) in [5, 5.41) is 2.72. The molecule has 0 bridgehead atoms. The van der Waals surface area contributed by atoms with E-state index in [4.69, 9.17) is 4.74 Å². The predicted octanol–water partition coefficient (Wildman–Crippen LogP) is 4.48. The Bertz CT molecular complexity index is 617. The second kappa shape index (κ2) is 6.30. The smallest absolute Gasteiger partial charge is 0.439 e. The lowest BCUT2D eigenvalue weighted by Gasteiger charge is -2.11. The monoisotopic (exact) mass is 361 g/mol. The third-order valence-electron chi connectivity index (χ3n) is 2.35. The molecule has 0 saturated carbocycles. The summed E-state index contributed by atoms with van der Waals surface area (Å²) in [5.74, 6) is -0.969. The summed E-state index contributed by atoms with van der Waals surface area (Å²) < 4.78 is 44.5. The molecule has 2 rings (SSSR count). The largest absolute Gasteiger partial charge is 0.451 e. The van der Waals surface area contributed by atoms with Crippen LogP contribution in [0.2, 0.25) is 0 Å². The Balaban J connectivity index is 2.33. The first kappa shape index (κ1) is 15.6. The summed E-state index contributed by atoms with van der Waals surface area (Å²) in [4.78, 5) is 6.81. The van der Waals surface area contributed by atoms with Gasteiger partial charge in [0.15, 0.2) is 0 Å². The standard InChI is InChI=1S/C13H11BrF3N3O/c1-2-18-10-7-11(20-12(19-10)13(15,16)17)21-9-5-3-8(14)4-6-9/h3-7H,2H2,1H3,(H,18,19,20). The number of halogens is 4. The molecule has 0 radical (unpaired) electrons. The summed E-state index contributed by atoms with van der Waals surface area (Å²) in [5.41, 5.74) is 0. The van der Waals surface area contributed by atoms with Crippen LogP contribution in [0.15, 0.2) is 34.8 Å². The highest BCUT2D eigenvalue weighted by molar-refractivity contribution is 9.10. The van der Waals surface area contributed by atoms with Crippen LogP contribution in [0.3, 0.4) is 0 Å². The summed E-state index contributed by atoms with van der Waals surface area (Å²) >= 11 is 3.26. The van der Waals surface area contributed by atoms with Crippen LogP contribution in [-0.2, 0) is 6.18 Å². The number of ether oxygens (including phenoxy) is 1. The van der Waals surface area contributed by atoms with Gasteiger partial charge in [-0.15, -0.1) is 0 Å². The quantitative estimate of drug-likeness (QED) is 0.871. The minimum absolute atomic E-state index is 0.0620. The molecule has 0 atom stereocenters. The van der Waals surface area contributed by atoms with Crippen molar-refractivity contribution in [2.24, 2.45) is 0 Å². The van der Waals surface area contributed by atoms with E-state index in [-0.39, 0.29) is 11.7 Å². The number of benzene rings is 1. The van der Waals surface area contributed by atoms with Gasteiger partial charge in [-0.3, -0.25) is 0 Å². The number of rotatable bonds is 4. The van der Waals surface area contributed by atoms with Crippen LogP contribution >= 0.6 is 15.9 Å². The average Bonchev–Trinajstić information content (AvgIpc) is 2.41. The van der Waals surface area contributed by atoms with Crippen molar-refractivity contribution in [3.63, 3.8) is 0 Å². The lowest BCUT2D eigenvalue weighted by molar-refractivity contribution is -0.145. The van der Waals surface area contributed by atoms with Crippen LogP contribution < -0.4 is 10.1 Å². The molecular formula is C13H11BrF3N3O. The Morgan fingerprint density at radius 1 is 1.19 bits per heavy atom. The maximum Gasteiger partial charge on any atom is 0.451 e. The predicted molar refractivity (Wildman–Crippen MR) is 75.4 cm³/mol. The van der Waals surface area contributed by atoms with Crippen molar-refractivity contribution >= 4 is 21.7 Å². The minimum atomic E-state index is -4.64. The van der Waals surface area contributed by atoms with E-state index < -0.39 is 12.0 Å². The first-order chi connectivity index (χ1) is 9.88. The molecule has 0 spiro atoms. The number of alkyl halides is 3. The zero-order valence-electron chi connectivity index (χ0n) is 10.9. The molecule has 0 unspecified atom stereocenters. The Labute approximate surface area is 127 Å². The molecule has 112 valence electrons. The molecular weight excluding hydrogens is 351 g/mol. The maximum absolute atomic E-state index is 12.8. The molecule has 0 aliphatic carbocycles. The molecule has 0 aliphatic heterocycles. The Morgan fingerprint density at radius 2 is 1.86 bits per heavy atom. The fourth-order valence-corrected chi connectivity index (χ4v) is 1.76. The molecule has 0 fully saturated rings. The van der Waals surface area contributed by atoms with E-state index in [9.17, 15) is 13.2 Å². The first-order valence-corrected chi connectivity index (χ1v) is 6.81. The van der Waals surface area contributed by atoms with E-state index in [0.717, 1.165) is 4.47 Å². The molecule has 1 N–H and O–H groups in total. The summed E-state index contributed by atoms with van der Waals surface area (Å²) in [6.07, 6.45) is -4.64. The number of hydrogen-bond acceptors (Lipinski definition) is 4. The van der Waals surface area contributed by atoms with Crippen molar-refractivity contribution in [3.8, 4) is 11.6 Å². The van der Waals surface area contributed by atoms with Gasteiger partial charge >= 0.3 is 6.18 Å². The van der Waals surface area contributed by atoms with E-state index in [2.05, 4.69) is 31.2 Å². The van der Waals surface area contributed by atoms with E-state index in [1.165, 1.54) is 6.07 Å². The Kier molecular flexibility index (Phi) is 4.66. The lowest BCUT2D eigenvalue weighted by Crippen LogP contribution is -2.13. The molecule has 8 heteroatoms. The van der Waals surface area contributed by atoms with Crippen LogP contribution in [0.25, 0.3) is 0 Å². The van der Waals surface area contributed by atoms with Gasteiger partial charge in [-0.1, -0.05) is 15.9 Å². The van der Waals surface area contributed by atoms with Gasteiger partial charge in [0, 0.05) is 17.1 Å². The van der Waals surface area contributed by atoms with Crippen molar-refractivity contribution in [2.45, 2.75) is 13.1 Å². The van der Waals surface area contributed by atoms with E-state index >= 15 is 0 Å². The van der Waals surface area contributed by atoms with Crippen LogP contribution in [-0.4, -0.2) is 16.5 Å². The highest BCUT2D eigenvalue weighted by Crippen LogP contribution is 2.30. The van der Waals surface area contributed by atoms with Crippen molar-refractivity contribution in [3.05, 3.63) is 40.6 Å². The average molecular weight is 362 g/mol. The lowest BCUT2D eigenvalue weighted by atomic mass is 10.3. The molecule has 1 heterocycles. The molecule has 21 heavy (non-hydrogen) atoms. The number of nitrogens with one attached hydrogen (secondary N) is 1. The zero-order chi connectivity index (χ0) is 15.5. The number of aromatic nitrogens is 2. The van der Waals surface area contributed by atoms with Crippen LogP contribution in [0.5, 0.6) is 11.6 Å². The fraction of sp³-hybridized carbons (Fsp3) is 0.231. The van der Waals surface area contributed by atoms with Gasteiger partial charge in [0.05, 0.1) is 0 Å². The number of anilines is 1. The van der Waals surface area contributed by atoms with Crippen molar-refractivity contribution in [1.29, 1.82) is 0 Å². The molecule has 0 aliphatic rings. The van der Waals surface area contributed by atoms with E-state index in [1.54, 1.807) is 31.2 Å². The third kappa shape index (κ3) is 4.32. The molecule has 2 aromatic rings. The second-order valence-electron chi connectivity index (χ2n) is 4.00. The molecule has 0 amide bonds. The van der Waals surface area contributed by atoms with Crippen LogP contribution in [0.1, 0.15) is 12.7 Å². The third-order valence-corrected chi connectivity index (χ3v) is 2.88. The summed E-state index contributed by atoms with van der Waals surface area (Å²) in [6.45, 7) is 2.19. The van der Waals surface area contributed by atoms with Crippen molar-refractivity contribution in [2.75, 3.05) is 11.9 Å². The van der Waals surface area contributed by atoms with Crippen LogP contribution in [0, 0.1) is 0 Å². The SMILES string of the molecule is CCNc1cc(Oc2ccc(Br)cc2)nc(C(F)(F)F)n1. The molecule has 0 saturated heterocycles. The molecule has 1 aromatic carbocycles. The van der Waals surface area contributed by atoms with Gasteiger partial charge in [0.2, 0.25) is 11.7 Å². The van der Waals surface area contributed by atoms with Gasteiger partial charge in [-0.2, -0.15) is 18.2 Å². The number of nitrogens with zero attached hydrogens (tertiary/aromatic N) is 2. The Hall–Kier alpha value is -1.83. The normalized spacial score (nSPS) is 11.3. The maximum atomic E-state index is 12.8. The highest BCUT2D eigenvalue weighted by Gasteiger charge is 2.35. The van der Waals surface area contributed by atoms with E-state index in [0.29, 0.717) is 12.3 Å². The minimum Gasteiger partial charge on any atom is -0.439 e. The first-order valence-electron chi connectivity index (χ1n) is 6.02. The topological polar surface area (TPSA) is 47.0 Å². The van der Waals surface area contributed by atoms with Gasteiger partial charge in [-0.25, -0.2) is 4.98 Å². The van der Waals surface area contributed by atoms with Crippen molar-refractivity contribution < 1.29 is 17.9 Å².